The normalized spacial score (nSPS) is 29.9. The van der Waals surface area contributed by atoms with Crippen LogP contribution in [0.25, 0.3) is 0 Å². The smallest absolute Gasteiger partial charge is 0.332 e. The Morgan fingerprint density at radius 3 is 2.33 bits per heavy atom. The van der Waals surface area contributed by atoms with Crippen molar-refractivity contribution in [1.82, 2.24) is 9.80 Å². The lowest BCUT2D eigenvalue weighted by atomic mass is 9.62. The summed E-state index contributed by atoms with van der Waals surface area (Å²) in [6, 6.07) is 4.76. The molecule has 27 heavy (non-hydrogen) atoms. The minimum absolute atomic E-state index is 0.129. The zero-order valence-electron chi connectivity index (χ0n) is 16.0. The number of halogens is 1. The summed E-state index contributed by atoms with van der Waals surface area (Å²) in [4.78, 5) is 43.6. The van der Waals surface area contributed by atoms with Crippen molar-refractivity contribution < 1.29 is 14.4 Å². The summed E-state index contributed by atoms with van der Waals surface area (Å²) in [6.07, 6.45) is 1.22. The summed E-state index contributed by atoms with van der Waals surface area (Å²) < 4.78 is 0. The van der Waals surface area contributed by atoms with Gasteiger partial charge in [0.05, 0.1) is 6.04 Å². The van der Waals surface area contributed by atoms with Gasteiger partial charge in [0.1, 0.15) is 0 Å². The van der Waals surface area contributed by atoms with Gasteiger partial charge in [0.25, 0.3) is 0 Å². The first-order valence-electron chi connectivity index (χ1n) is 9.33. The predicted octanol–water partition coefficient (Wildman–Crippen LogP) is 2.78. The van der Waals surface area contributed by atoms with Gasteiger partial charge >= 0.3 is 6.03 Å². The number of barbiturate groups is 1. The number of urea groups is 1. The second-order valence-electron chi connectivity index (χ2n) is 8.35. The molecule has 3 unspecified atom stereocenters. The van der Waals surface area contributed by atoms with E-state index in [1.54, 1.807) is 6.07 Å². The van der Waals surface area contributed by atoms with Gasteiger partial charge in [-0.25, -0.2) is 4.79 Å². The van der Waals surface area contributed by atoms with E-state index in [2.05, 4.69) is 18.7 Å². The first-order valence-corrected chi connectivity index (χ1v) is 9.71. The molecule has 2 saturated heterocycles. The zero-order valence-corrected chi connectivity index (χ0v) is 16.8. The van der Waals surface area contributed by atoms with E-state index >= 15 is 0 Å². The number of hydrogen-bond donors (Lipinski definition) is 0. The first kappa shape index (κ1) is 18.3. The van der Waals surface area contributed by atoms with Crippen molar-refractivity contribution >= 4 is 35.1 Å². The van der Waals surface area contributed by atoms with E-state index in [0.717, 1.165) is 34.0 Å². The fourth-order valence-corrected chi connectivity index (χ4v) is 5.61. The molecule has 0 aliphatic carbocycles. The molecule has 0 N–H and O–H groups in total. The zero-order chi connectivity index (χ0) is 19.7. The lowest BCUT2D eigenvalue weighted by Gasteiger charge is -2.57. The number of carbonyl (C=O) groups is 3. The van der Waals surface area contributed by atoms with Crippen LogP contribution >= 0.6 is 11.6 Å². The van der Waals surface area contributed by atoms with Gasteiger partial charge < -0.3 is 4.90 Å². The Morgan fingerprint density at radius 1 is 1.07 bits per heavy atom. The number of hydrogen-bond acceptors (Lipinski definition) is 4. The molecule has 3 heterocycles. The molecule has 1 aromatic carbocycles. The van der Waals surface area contributed by atoms with Crippen LogP contribution in [0.15, 0.2) is 18.2 Å². The molecule has 3 aliphatic heterocycles. The van der Waals surface area contributed by atoms with Crippen molar-refractivity contribution in [3.05, 3.63) is 28.8 Å². The van der Waals surface area contributed by atoms with Crippen molar-refractivity contribution in [3.63, 3.8) is 0 Å². The van der Waals surface area contributed by atoms with Crippen LogP contribution in [0.5, 0.6) is 0 Å². The fraction of sp³-hybridized carbons (Fsp3) is 0.550. The van der Waals surface area contributed by atoms with Crippen molar-refractivity contribution in [3.8, 4) is 0 Å². The third-order valence-electron chi connectivity index (χ3n) is 6.43. The van der Waals surface area contributed by atoms with Crippen molar-refractivity contribution in [2.24, 2.45) is 17.3 Å². The highest BCUT2D eigenvalue weighted by Crippen LogP contribution is 2.51. The van der Waals surface area contributed by atoms with Crippen LogP contribution in [0.3, 0.4) is 0 Å². The standard InChI is InChI=1S/C20H24ClN3O3/c1-11-7-12(2)16-20(17(25)22(3)19(27)23(4)18(20)26)9-13-5-6-14(21)8-15(13)24(16)10-11/h5-6,8,11-12,16H,7,9-10H2,1-4H3. The van der Waals surface area contributed by atoms with Gasteiger partial charge in [-0.3, -0.25) is 19.4 Å². The van der Waals surface area contributed by atoms with Gasteiger partial charge in [0.15, 0.2) is 5.41 Å². The molecule has 144 valence electrons. The predicted molar refractivity (Wildman–Crippen MR) is 103 cm³/mol. The number of nitrogens with zero attached hydrogens (tertiary/aromatic N) is 3. The van der Waals surface area contributed by atoms with E-state index in [9.17, 15) is 14.4 Å². The Labute approximate surface area is 164 Å². The lowest BCUT2D eigenvalue weighted by Crippen LogP contribution is -2.73. The quantitative estimate of drug-likeness (QED) is 0.640. The highest BCUT2D eigenvalue weighted by Gasteiger charge is 2.64. The van der Waals surface area contributed by atoms with E-state index in [-0.39, 0.29) is 12.0 Å². The molecule has 2 fully saturated rings. The summed E-state index contributed by atoms with van der Waals surface area (Å²) in [6.45, 7) is 5.04. The Balaban J connectivity index is 1.95. The fourth-order valence-electron chi connectivity index (χ4n) is 5.45. The molecule has 1 spiro atoms. The average molecular weight is 390 g/mol. The Morgan fingerprint density at radius 2 is 1.70 bits per heavy atom. The van der Waals surface area contributed by atoms with Gasteiger partial charge in [-0.2, -0.15) is 0 Å². The van der Waals surface area contributed by atoms with Gasteiger partial charge in [0, 0.05) is 31.4 Å². The van der Waals surface area contributed by atoms with Gasteiger partial charge in [-0.15, -0.1) is 0 Å². The Bertz CT molecular complexity index is 831. The number of anilines is 1. The summed E-state index contributed by atoms with van der Waals surface area (Å²) in [5, 5.41) is 0.639. The number of amides is 4. The van der Waals surface area contributed by atoms with Crippen LogP contribution in [0.4, 0.5) is 10.5 Å². The highest BCUT2D eigenvalue weighted by atomic mass is 35.5. The van der Waals surface area contributed by atoms with Crippen LogP contribution < -0.4 is 4.90 Å². The molecule has 0 saturated carbocycles. The number of benzene rings is 1. The maximum atomic E-state index is 13.4. The highest BCUT2D eigenvalue weighted by molar-refractivity contribution is 6.31. The number of carbonyl (C=O) groups excluding carboxylic acids is 3. The molecule has 0 radical (unpaired) electrons. The Kier molecular flexibility index (Phi) is 4.04. The van der Waals surface area contributed by atoms with Gasteiger partial charge in [0.2, 0.25) is 11.8 Å². The maximum Gasteiger partial charge on any atom is 0.332 e. The molecule has 7 heteroatoms. The molecule has 6 nitrogen and oxygen atoms in total. The van der Waals surface area contributed by atoms with E-state index in [1.807, 2.05) is 12.1 Å². The van der Waals surface area contributed by atoms with E-state index in [1.165, 1.54) is 14.1 Å². The molecule has 1 aromatic rings. The number of rotatable bonds is 0. The summed E-state index contributed by atoms with van der Waals surface area (Å²) >= 11 is 6.26. The molecule has 3 atom stereocenters. The van der Waals surface area contributed by atoms with Crippen molar-refractivity contribution in [2.45, 2.75) is 32.7 Å². The van der Waals surface area contributed by atoms with Gasteiger partial charge in [-0.05, 0) is 42.4 Å². The Hall–Kier alpha value is -2.08. The van der Waals surface area contributed by atoms with Crippen LogP contribution in [0.2, 0.25) is 5.02 Å². The second kappa shape index (κ2) is 5.96. The van der Waals surface area contributed by atoms with E-state index < -0.39 is 23.3 Å². The minimum atomic E-state index is -1.28. The maximum absolute atomic E-state index is 13.4. The third kappa shape index (κ3) is 2.35. The third-order valence-corrected chi connectivity index (χ3v) is 6.67. The van der Waals surface area contributed by atoms with Crippen LogP contribution in [-0.2, 0) is 16.0 Å². The van der Waals surface area contributed by atoms with Gasteiger partial charge in [-0.1, -0.05) is 31.5 Å². The monoisotopic (exact) mass is 389 g/mol. The number of piperidine rings is 1. The van der Waals surface area contributed by atoms with Crippen molar-refractivity contribution in [1.29, 1.82) is 0 Å². The molecule has 4 amide bonds. The molecule has 4 rings (SSSR count). The average Bonchev–Trinajstić information content (AvgIpc) is 2.63. The minimum Gasteiger partial charge on any atom is -0.366 e. The van der Waals surface area contributed by atoms with E-state index in [0.29, 0.717) is 17.4 Å². The van der Waals surface area contributed by atoms with Crippen LogP contribution in [0.1, 0.15) is 25.8 Å². The second-order valence-corrected chi connectivity index (χ2v) is 8.78. The number of fused-ring (bicyclic) bond motifs is 4. The van der Waals surface area contributed by atoms with E-state index in [4.69, 9.17) is 11.6 Å². The molecule has 0 bridgehead atoms. The summed E-state index contributed by atoms with van der Waals surface area (Å²) in [7, 11) is 2.93. The first-order chi connectivity index (χ1) is 12.7. The SMILES string of the molecule is CC1CC(C)C2N(C1)c1cc(Cl)ccc1CC21C(=O)N(C)C(=O)N(C)C1=O. The van der Waals surface area contributed by atoms with Crippen LogP contribution in [0, 0.1) is 17.3 Å². The van der Waals surface area contributed by atoms with Crippen LogP contribution in [-0.4, -0.2) is 54.3 Å². The van der Waals surface area contributed by atoms with Crippen molar-refractivity contribution in [2.75, 3.05) is 25.5 Å². The summed E-state index contributed by atoms with van der Waals surface area (Å²) in [5.74, 6) is -0.229. The molecular weight excluding hydrogens is 366 g/mol. The number of imide groups is 2. The topological polar surface area (TPSA) is 60.9 Å². The molecular formula is C20H24ClN3O3. The summed E-state index contributed by atoms with van der Waals surface area (Å²) in [5.41, 5.74) is 0.645. The molecule has 0 aromatic heterocycles. The molecule has 3 aliphatic rings. The largest absolute Gasteiger partial charge is 0.366 e. The lowest BCUT2D eigenvalue weighted by molar-refractivity contribution is -0.161.